The average Bonchev–Trinajstić information content (AvgIpc) is 3.41. The topological polar surface area (TPSA) is 157 Å². The zero-order valence-corrected chi connectivity index (χ0v) is 21.8. The van der Waals surface area contributed by atoms with Crippen molar-refractivity contribution in [3.05, 3.63) is 93.0 Å². The number of hydrogen-bond donors (Lipinski definition) is 3. The summed E-state index contributed by atoms with van der Waals surface area (Å²) >= 11 is 6.10. The third-order valence-electron chi connectivity index (χ3n) is 5.98. The molecule has 0 aliphatic heterocycles. The van der Waals surface area contributed by atoms with Crippen LogP contribution in [-0.4, -0.2) is 44.0 Å². The fourth-order valence-electron chi connectivity index (χ4n) is 3.91. The number of esters is 1. The summed E-state index contributed by atoms with van der Waals surface area (Å²) in [6.45, 7) is 1.08. The van der Waals surface area contributed by atoms with Gasteiger partial charge in [0.1, 0.15) is 0 Å². The lowest BCUT2D eigenvalue weighted by Gasteiger charge is -2.21. The Morgan fingerprint density at radius 1 is 1.13 bits per heavy atom. The van der Waals surface area contributed by atoms with Crippen LogP contribution in [0.5, 0.6) is 5.88 Å². The van der Waals surface area contributed by atoms with Crippen LogP contribution in [0.25, 0.3) is 11.1 Å². The van der Waals surface area contributed by atoms with E-state index in [-0.39, 0.29) is 35.9 Å². The van der Waals surface area contributed by atoms with E-state index in [1.807, 2.05) is 42.5 Å². The van der Waals surface area contributed by atoms with E-state index in [9.17, 15) is 24.6 Å². The number of nitrogens with one attached hydrogen (secondary N) is 1. The van der Waals surface area contributed by atoms with Crippen LogP contribution >= 0.6 is 11.6 Å². The largest absolute Gasteiger partial charge is 0.519 e. The Morgan fingerprint density at radius 2 is 1.87 bits per heavy atom. The van der Waals surface area contributed by atoms with Gasteiger partial charge in [-0.2, -0.15) is 5.10 Å². The standard InChI is InChI=1S/C27H26ClN3O8/c1-15-23(39-27(36)38-15)14-37-26(35)22(32)12-20(29-25(34)21-13-24(33)31(2)30-21)10-16-6-8-17(9-7-16)18-4-3-5-19(28)11-18/h3-9,11,13,20,22,32-33H,10,12,14H2,1-2H3,(H,29,34)/t20-,22-/m1/s1. The maximum atomic E-state index is 12.8. The highest BCUT2D eigenvalue weighted by Gasteiger charge is 2.26. The van der Waals surface area contributed by atoms with Crippen LogP contribution in [0.2, 0.25) is 5.02 Å². The van der Waals surface area contributed by atoms with Crippen molar-refractivity contribution in [1.29, 1.82) is 0 Å². The minimum atomic E-state index is -1.60. The zero-order chi connectivity index (χ0) is 28.1. The van der Waals surface area contributed by atoms with Crippen LogP contribution in [0.4, 0.5) is 0 Å². The predicted molar refractivity (Wildman–Crippen MR) is 139 cm³/mol. The summed E-state index contributed by atoms with van der Waals surface area (Å²) in [5.41, 5.74) is 2.68. The second kappa shape index (κ2) is 12.0. The minimum absolute atomic E-state index is 0.0279. The van der Waals surface area contributed by atoms with Crippen LogP contribution < -0.4 is 11.1 Å². The van der Waals surface area contributed by atoms with E-state index >= 15 is 0 Å². The monoisotopic (exact) mass is 555 g/mol. The van der Waals surface area contributed by atoms with Crippen molar-refractivity contribution in [2.24, 2.45) is 7.05 Å². The van der Waals surface area contributed by atoms with Gasteiger partial charge in [0, 0.05) is 30.6 Å². The van der Waals surface area contributed by atoms with E-state index in [4.69, 9.17) is 25.2 Å². The Morgan fingerprint density at radius 3 is 2.49 bits per heavy atom. The van der Waals surface area contributed by atoms with E-state index in [2.05, 4.69) is 10.4 Å². The molecule has 0 radical (unpaired) electrons. The number of aromatic nitrogens is 2. The van der Waals surface area contributed by atoms with Gasteiger partial charge in [0.15, 0.2) is 29.9 Å². The van der Waals surface area contributed by atoms with Gasteiger partial charge in [-0.05, 0) is 42.2 Å². The van der Waals surface area contributed by atoms with Crippen LogP contribution in [0.15, 0.2) is 68.2 Å². The van der Waals surface area contributed by atoms with Gasteiger partial charge < -0.3 is 29.1 Å². The highest BCUT2D eigenvalue weighted by atomic mass is 35.5. The molecule has 3 N–H and O–H groups in total. The van der Waals surface area contributed by atoms with Crippen molar-refractivity contribution in [2.75, 3.05) is 0 Å². The number of ether oxygens (including phenoxy) is 1. The number of amides is 1. The number of aliphatic hydroxyl groups is 1. The lowest BCUT2D eigenvalue weighted by Crippen LogP contribution is -2.41. The Balaban J connectivity index is 1.47. The molecule has 0 saturated carbocycles. The number of carbonyl (C=O) groups excluding carboxylic acids is 2. The number of aliphatic hydroxyl groups excluding tert-OH is 1. The van der Waals surface area contributed by atoms with Crippen molar-refractivity contribution in [1.82, 2.24) is 15.1 Å². The molecule has 0 unspecified atom stereocenters. The first kappa shape index (κ1) is 27.7. The third kappa shape index (κ3) is 7.15. The smallest absolute Gasteiger partial charge is 0.493 e. The first-order valence-corrected chi connectivity index (χ1v) is 12.3. The maximum Gasteiger partial charge on any atom is 0.519 e. The van der Waals surface area contributed by atoms with Gasteiger partial charge in [-0.15, -0.1) is 0 Å². The van der Waals surface area contributed by atoms with Crippen molar-refractivity contribution in [3.8, 4) is 17.0 Å². The molecule has 4 aromatic rings. The van der Waals surface area contributed by atoms with E-state index in [1.165, 1.54) is 20.0 Å². The van der Waals surface area contributed by atoms with E-state index in [0.717, 1.165) is 21.4 Å². The highest BCUT2D eigenvalue weighted by Crippen LogP contribution is 2.24. The summed E-state index contributed by atoms with van der Waals surface area (Å²) in [4.78, 5) is 36.5. The third-order valence-corrected chi connectivity index (χ3v) is 6.21. The molecular formula is C27H26ClN3O8. The molecule has 2 heterocycles. The summed E-state index contributed by atoms with van der Waals surface area (Å²) in [6.07, 6.45) is -1.52. The summed E-state index contributed by atoms with van der Waals surface area (Å²) in [5.74, 6) is -2.50. The number of benzene rings is 2. The number of hydrogen-bond acceptors (Lipinski definition) is 9. The van der Waals surface area contributed by atoms with E-state index < -0.39 is 36.5 Å². The maximum absolute atomic E-state index is 12.8. The number of nitrogens with zero attached hydrogens (tertiary/aromatic N) is 2. The lowest BCUT2D eigenvalue weighted by atomic mass is 9.97. The average molecular weight is 556 g/mol. The molecule has 0 spiro atoms. The molecule has 2 atom stereocenters. The molecular weight excluding hydrogens is 530 g/mol. The van der Waals surface area contributed by atoms with Gasteiger partial charge in [0.2, 0.25) is 5.88 Å². The van der Waals surface area contributed by atoms with Crippen LogP contribution in [-0.2, 0) is 29.6 Å². The molecule has 4 rings (SSSR count). The van der Waals surface area contributed by atoms with Gasteiger partial charge in [0.05, 0.1) is 0 Å². The Hall–Kier alpha value is -4.35. The van der Waals surface area contributed by atoms with E-state index in [1.54, 1.807) is 6.07 Å². The molecule has 0 saturated heterocycles. The molecule has 2 aromatic heterocycles. The molecule has 0 aliphatic carbocycles. The SMILES string of the molecule is Cc1oc(=O)oc1COC(=O)[C@H](O)C[C@@H](Cc1ccc(-c2cccc(Cl)c2)cc1)NC(=O)c1cc(O)n(C)n1. The minimum Gasteiger partial charge on any atom is -0.493 e. The molecule has 39 heavy (non-hydrogen) atoms. The fourth-order valence-corrected chi connectivity index (χ4v) is 4.10. The van der Waals surface area contributed by atoms with Crippen molar-refractivity contribution >= 4 is 23.5 Å². The molecule has 11 nitrogen and oxygen atoms in total. The molecule has 1 amide bonds. The second-order valence-corrected chi connectivity index (χ2v) is 9.32. The molecule has 0 bridgehead atoms. The zero-order valence-electron chi connectivity index (χ0n) is 21.1. The number of aromatic hydroxyl groups is 1. The predicted octanol–water partition coefficient (Wildman–Crippen LogP) is 3.14. The normalized spacial score (nSPS) is 12.6. The van der Waals surface area contributed by atoms with Gasteiger partial charge in [-0.3, -0.25) is 4.79 Å². The lowest BCUT2D eigenvalue weighted by molar-refractivity contribution is -0.156. The molecule has 0 fully saturated rings. The fraction of sp³-hybridized carbons (Fsp3) is 0.259. The van der Waals surface area contributed by atoms with Crippen LogP contribution in [0, 0.1) is 6.92 Å². The quantitative estimate of drug-likeness (QED) is 0.250. The molecule has 204 valence electrons. The van der Waals surface area contributed by atoms with Gasteiger partial charge in [-0.1, -0.05) is 48.0 Å². The van der Waals surface area contributed by atoms with Crippen molar-refractivity contribution < 1.29 is 33.4 Å². The summed E-state index contributed by atoms with van der Waals surface area (Å²) in [5, 5.41) is 27.7. The Labute approximate surface area is 227 Å². The van der Waals surface area contributed by atoms with Crippen LogP contribution in [0.3, 0.4) is 0 Å². The Kier molecular flexibility index (Phi) is 8.52. The number of aryl methyl sites for hydroxylation is 2. The first-order chi connectivity index (χ1) is 18.6. The number of carbonyl (C=O) groups is 2. The highest BCUT2D eigenvalue weighted by molar-refractivity contribution is 6.30. The second-order valence-electron chi connectivity index (χ2n) is 8.89. The number of rotatable bonds is 10. The van der Waals surface area contributed by atoms with Crippen LogP contribution in [0.1, 0.15) is 34.0 Å². The summed E-state index contributed by atoms with van der Waals surface area (Å²) in [6, 6.07) is 15.5. The van der Waals surface area contributed by atoms with Gasteiger partial charge in [-0.25, -0.2) is 14.3 Å². The molecule has 12 heteroatoms. The molecule has 0 aliphatic rings. The van der Waals surface area contributed by atoms with Gasteiger partial charge in [0.25, 0.3) is 5.91 Å². The summed E-state index contributed by atoms with van der Waals surface area (Å²) < 4.78 is 15.7. The van der Waals surface area contributed by atoms with Crippen molar-refractivity contribution in [2.45, 2.75) is 38.5 Å². The first-order valence-electron chi connectivity index (χ1n) is 11.9. The van der Waals surface area contributed by atoms with Crippen molar-refractivity contribution in [3.63, 3.8) is 0 Å². The Bertz CT molecular complexity index is 1500. The number of halogens is 1. The summed E-state index contributed by atoms with van der Waals surface area (Å²) in [7, 11) is 1.48. The molecule has 2 aromatic carbocycles. The van der Waals surface area contributed by atoms with E-state index in [0.29, 0.717) is 5.02 Å². The van der Waals surface area contributed by atoms with Gasteiger partial charge >= 0.3 is 11.8 Å².